The Morgan fingerprint density at radius 1 is 0.773 bits per heavy atom. The van der Waals surface area contributed by atoms with Gasteiger partial charge >= 0.3 is 0 Å². The van der Waals surface area contributed by atoms with Gasteiger partial charge < -0.3 is 0 Å². The normalized spacial score (nSPS) is 11.4. The molecule has 2 aromatic carbocycles. The molecule has 108 valence electrons. The van der Waals surface area contributed by atoms with E-state index in [1.807, 2.05) is 6.07 Å². The summed E-state index contributed by atoms with van der Waals surface area (Å²) in [6.45, 7) is 0. The SMILES string of the molecule is Brc1nc(Br)nc(-c2ccc3sc4ccccc4c3c2Br)n1. The summed E-state index contributed by atoms with van der Waals surface area (Å²) in [5.74, 6) is 0.623. The molecule has 2 heterocycles. The molecule has 0 bridgehead atoms. The number of benzene rings is 2. The lowest BCUT2D eigenvalue weighted by Crippen LogP contribution is -1.95. The number of hydrogen-bond acceptors (Lipinski definition) is 4. The second kappa shape index (κ2) is 5.63. The third-order valence-corrected chi connectivity index (χ3v) is 5.97. The minimum absolute atomic E-state index is 0.506. The Morgan fingerprint density at radius 2 is 1.50 bits per heavy atom. The fraction of sp³-hybridized carbons (Fsp3) is 0. The maximum atomic E-state index is 4.37. The number of hydrogen-bond donors (Lipinski definition) is 0. The van der Waals surface area contributed by atoms with E-state index in [1.54, 1.807) is 11.3 Å². The fourth-order valence-electron chi connectivity index (χ4n) is 2.39. The van der Waals surface area contributed by atoms with E-state index in [1.165, 1.54) is 20.2 Å². The molecule has 0 spiro atoms. The molecule has 0 atom stereocenters. The summed E-state index contributed by atoms with van der Waals surface area (Å²) in [5, 5.41) is 2.44. The minimum Gasteiger partial charge on any atom is -0.202 e. The summed E-state index contributed by atoms with van der Waals surface area (Å²) in [6, 6.07) is 12.6. The van der Waals surface area contributed by atoms with Crippen LogP contribution in [0.2, 0.25) is 0 Å². The Morgan fingerprint density at radius 3 is 2.27 bits per heavy atom. The minimum atomic E-state index is 0.506. The molecule has 0 aliphatic carbocycles. The van der Waals surface area contributed by atoms with Crippen molar-refractivity contribution in [1.29, 1.82) is 0 Å². The van der Waals surface area contributed by atoms with E-state index in [4.69, 9.17) is 0 Å². The molecular formula is C15H6Br3N3S. The molecule has 0 saturated heterocycles. The standard InChI is InChI=1S/C15H6Br3N3S/c16-12-8(13-19-14(17)21-15(18)20-13)5-6-10-11(12)7-3-1-2-4-9(7)22-10/h1-6H. The average molecular weight is 500 g/mol. The first-order valence-electron chi connectivity index (χ1n) is 6.30. The number of rotatable bonds is 1. The second-order valence-corrected chi connectivity index (χ2v) is 7.89. The van der Waals surface area contributed by atoms with Crippen molar-refractivity contribution in [1.82, 2.24) is 15.0 Å². The largest absolute Gasteiger partial charge is 0.202 e. The molecule has 0 radical (unpaired) electrons. The molecule has 0 unspecified atom stereocenters. The number of thiophene rings is 1. The fourth-order valence-corrected chi connectivity index (χ4v) is 5.29. The summed E-state index contributed by atoms with van der Waals surface area (Å²) < 4.78 is 4.53. The molecule has 22 heavy (non-hydrogen) atoms. The van der Waals surface area contributed by atoms with Gasteiger partial charge in [0.15, 0.2) is 5.82 Å². The monoisotopic (exact) mass is 497 g/mol. The summed E-state index contributed by atoms with van der Waals surface area (Å²) >= 11 is 12.2. The zero-order valence-corrected chi connectivity index (χ0v) is 16.4. The first kappa shape index (κ1) is 14.7. The van der Waals surface area contributed by atoms with Crippen LogP contribution < -0.4 is 0 Å². The lowest BCUT2D eigenvalue weighted by atomic mass is 10.1. The molecular weight excluding hydrogens is 494 g/mol. The number of aromatic nitrogens is 3. The molecule has 2 aromatic heterocycles. The summed E-state index contributed by atoms with van der Waals surface area (Å²) in [4.78, 5) is 12.8. The van der Waals surface area contributed by atoms with Crippen molar-refractivity contribution in [2.24, 2.45) is 0 Å². The third kappa shape index (κ3) is 2.40. The highest BCUT2D eigenvalue weighted by molar-refractivity contribution is 9.11. The molecule has 3 nitrogen and oxygen atoms in total. The van der Waals surface area contributed by atoms with Crippen LogP contribution in [-0.2, 0) is 0 Å². The van der Waals surface area contributed by atoms with Gasteiger partial charge in [0.2, 0.25) is 9.47 Å². The Balaban J connectivity index is 2.07. The van der Waals surface area contributed by atoms with E-state index >= 15 is 0 Å². The van der Waals surface area contributed by atoms with Gasteiger partial charge in [-0.2, -0.15) is 4.98 Å². The van der Waals surface area contributed by atoms with Crippen LogP contribution in [-0.4, -0.2) is 15.0 Å². The molecule has 4 rings (SSSR count). The Bertz CT molecular complexity index is 1010. The first-order chi connectivity index (χ1) is 10.6. The zero-order chi connectivity index (χ0) is 15.3. The molecule has 7 heteroatoms. The van der Waals surface area contributed by atoms with Crippen LogP contribution in [0.25, 0.3) is 31.6 Å². The zero-order valence-electron chi connectivity index (χ0n) is 10.8. The molecule has 0 saturated carbocycles. The van der Waals surface area contributed by atoms with Crippen molar-refractivity contribution in [2.75, 3.05) is 0 Å². The Hall–Kier alpha value is -0.890. The van der Waals surface area contributed by atoms with Gasteiger partial charge in [0, 0.05) is 30.2 Å². The smallest absolute Gasteiger partial charge is 0.201 e. The van der Waals surface area contributed by atoms with E-state index in [2.05, 4.69) is 93.1 Å². The van der Waals surface area contributed by atoms with E-state index in [9.17, 15) is 0 Å². The van der Waals surface area contributed by atoms with Gasteiger partial charge in [-0.15, -0.1) is 11.3 Å². The van der Waals surface area contributed by atoms with Gasteiger partial charge in [-0.05, 0) is 66.0 Å². The van der Waals surface area contributed by atoms with Crippen LogP contribution in [0.4, 0.5) is 0 Å². The quantitative estimate of drug-likeness (QED) is 0.313. The van der Waals surface area contributed by atoms with E-state index in [-0.39, 0.29) is 0 Å². The molecule has 0 aliphatic rings. The van der Waals surface area contributed by atoms with Crippen molar-refractivity contribution in [3.63, 3.8) is 0 Å². The number of halogens is 3. The van der Waals surface area contributed by atoms with Crippen molar-refractivity contribution in [3.8, 4) is 11.4 Å². The highest BCUT2D eigenvalue weighted by atomic mass is 79.9. The summed E-state index contributed by atoms with van der Waals surface area (Å²) in [7, 11) is 0. The van der Waals surface area contributed by atoms with E-state index in [0.717, 1.165) is 10.0 Å². The molecule has 0 fully saturated rings. The third-order valence-electron chi connectivity index (χ3n) is 3.30. The predicted molar refractivity (Wildman–Crippen MR) is 101 cm³/mol. The Labute approximate surface area is 155 Å². The topological polar surface area (TPSA) is 38.7 Å². The lowest BCUT2D eigenvalue weighted by molar-refractivity contribution is 0.983. The van der Waals surface area contributed by atoms with Crippen molar-refractivity contribution < 1.29 is 0 Å². The maximum absolute atomic E-state index is 4.37. The van der Waals surface area contributed by atoms with E-state index < -0.39 is 0 Å². The second-order valence-electron chi connectivity index (χ2n) is 4.60. The van der Waals surface area contributed by atoms with Gasteiger partial charge in [0.1, 0.15) is 0 Å². The molecule has 0 N–H and O–H groups in total. The summed E-state index contributed by atoms with van der Waals surface area (Å²) in [5.41, 5.74) is 0.944. The van der Waals surface area contributed by atoms with Crippen molar-refractivity contribution in [2.45, 2.75) is 0 Å². The van der Waals surface area contributed by atoms with Crippen LogP contribution in [0, 0.1) is 0 Å². The van der Waals surface area contributed by atoms with Crippen LogP contribution in [0.1, 0.15) is 0 Å². The molecule has 0 amide bonds. The van der Waals surface area contributed by atoms with Crippen LogP contribution in [0.5, 0.6) is 0 Å². The maximum Gasteiger partial charge on any atom is 0.201 e. The average Bonchev–Trinajstić information content (AvgIpc) is 2.85. The van der Waals surface area contributed by atoms with Gasteiger partial charge in [-0.25, -0.2) is 9.97 Å². The highest BCUT2D eigenvalue weighted by Gasteiger charge is 2.15. The van der Waals surface area contributed by atoms with Gasteiger partial charge in [0.25, 0.3) is 0 Å². The molecule has 4 aromatic rings. The number of fused-ring (bicyclic) bond motifs is 3. The lowest BCUT2D eigenvalue weighted by Gasteiger charge is -2.05. The number of nitrogens with zero attached hydrogens (tertiary/aromatic N) is 3. The van der Waals surface area contributed by atoms with E-state index in [0.29, 0.717) is 15.3 Å². The Kier molecular flexibility index (Phi) is 3.76. The van der Waals surface area contributed by atoms with Crippen LogP contribution in [0.15, 0.2) is 50.3 Å². The van der Waals surface area contributed by atoms with Crippen molar-refractivity contribution >= 4 is 79.3 Å². The van der Waals surface area contributed by atoms with Crippen LogP contribution in [0.3, 0.4) is 0 Å². The summed E-state index contributed by atoms with van der Waals surface area (Å²) in [6.07, 6.45) is 0. The van der Waals surface area contributed by atoms with Crippen LogP contribution >= 0.6 is 59.1 Å². The predicted octanol–water partition coefficient (Wildman–Crippen LogP) is 6.19. The molecule has 0 aliphatic heterocycles. The first-order valence-corrected chi connectivity index (χ1v) is 9.50. The highest BCUT2D eigenvalue weighted by Crippen LogP contribution is 2.42. The van der Waals surface area contributed by atoms with Crippen molar-refractivity contribution in [3.05, 3.63) is 50.3 Å². The van der Waals surface area contributed by atoms with Gasteiger partial charge in [0.05, 0.1) is 0 Å². The van der Waals surface area contributed by atoms with Gasteiger partial charge in [-0.3, -0.25) is 0 Å². The van der Waals surface area contributed by atoms with Gasteiger partial charge in [-0.1, -0.05) is 18.2 Å².